The molecule has 2 aromatic carbocycles. The second-order valence-corrected chi connectivity index (χ2v) is 10.1. The molecule has 31 heavy (non-hydrogen) atoms. The Morgan fingerprint density at radius 1 is 1.16 bits per heavy atom. The van der Waals surface area contributed by atoms with Crippen LogP contribution in [-0.4, -0.2) is 51.0 Å². The van der Waals surface area contributed by atoms with Crippen LogP contribution < -0.4 is 10.1 Å². The van der Waals surface area contributed by atoms with Gasteiger partial charge in [0.2, 0.25) is 15.9 Å². The number of rotatable bonds is 7. The summed E-state index contributed by atoms with van der Waals surface area (Å²) < 4.78 is 38.4. The second kappa shape index (κ2) is 10.2. The molecule has 1 N–H and O–H groups in total. The molecule has 1 fully saturated rings. The zero-order valence-corrected chi connectivity index (χ0v) is 19.6. The van der Waals surface area contributed by atoms with E-state index in [0.717, 1.165) is 0 Å². The van der Waals surface area contributed by atoms with Crippen molar-refractivity contribution >= 4 is 44.8 Å². The van der Waals surface area contributed by atoms with Crippen LogP contribution in [0, 0.1) is 0 Å². The van der Waals surface area contributed by atoms with Gasteiger partial charge in [0, 0.05) is 23.1 Å². The first-order chi connectivity index (χ1) is 14.7. The van der Waals surface area contributed by atoms with E-state index >= 15 is 0 Å². The molecule has 0 bridgehead atoms. The van der Waals surface area contributed by atoms with E-state index < -0.39 is 10.0 Å². The van der Waals surface area contributed by atoms with Gasteiger partial charge in [-0.05, 0) is 49.7 Å². The average Bonchev–Trinajstić information content (AvgIpc) is 2.71. The number of sulfonamides is 1. The third-order valence-electron chi connectivity index (χ3n) is 4.56. The third-order valence-corrected chi connectivity index (χ3v) is 7.04. The first kappa shape index (κ1) is 23.8. The molecule has 1 aliphatic rings. The zero-order chi connectivity index (χ0) is 22.6. The number of carbonyl (C=O) groups is 1. The lowest BCUT2D eigenvalue weighted by Gasteiger charge is -2.26. The van der Waals surface area contributed by atoms with Crippen LogP contribution in [0.3, 0.4) is 0 Å². The molecule has 168 valence electrons. The molecule has 1 heterocycles. The number of anilines is 1. The summed E-state index contributed by atoms with van der Waals surface area (Å²) in [6.07, 6.45) is -0.166. The van der Waals surface area contributed by atoms with Crippen molar-refractivity contribution in [2.75, 3.05) is 31.6 Å². The highest BCUT2D eigenvalue weighted by molar-refractivity contribution is 7.89. The number of carbonyl (C=O) groups excluding carboxylic acids is 1. The Balaban J connectivity index is 1.87. The SMILES string of the molecule is CC(C)Oc1ccc(S(=O)(=O)N2CCOCC2)cc1NC(=O)Cc1ccc(Cl)cc1Cl. The van der Waals surface area contributed by atoms with E-state index in [2.05, 4.69) is 5.32 Å². The molecule has 0 unspecified atom stereocenters. The van der Waals surface area contributed by atoms with Crippen molar-refractivity contribution in [2.45, 2.75) is 31.3 Å². The van der Waals surface area contributed by atoms with Gasteiger partial charge in [0.25, 0.3) is 0 Å². The number of benzene rings is 2. The first-order valence-corrected chi connectivity index (χ1v) is 12.0. The van der Waals surface area contributed by atoms with Gasteiger partial charge in [-0.25, -0.2) is 8.42 Å². The van der Waals surface area contributed by atoms with Crippen LogP contribution in [0.25, 0.3) is 0 Å². The lowest BCUT2D eigenvalue weighted by Crippen LogP contribution is -2.40. The van der Waals surface area contributed by atoms with Crippen molar-refractivity contribution < 1.29 is 22.7 Å². The van der Waals surface area contributed by atoms with Crippen molar-refractivity contribution in [3.05, 3.63) is 52.0 Å². The minimum absolute atomic E-state index is 0.00242. The number of morpholine rings is 1. The molecule has 0 atom stereocenters. The summed E-state index contributed by atoms with van der Waals surface area (Å²) in [6, 6.07) is 9.35. The van der Waals surface area contributed by atoms with Crippen LogP contribution in [0.1, 0.15) is 19.4 Å². The summed E-state index contributed by atoms with van der Waals surface area (Å²) in [5.41, 5.74) is 0.880. The van der Waals surface area contributed by atoms with Gasteiger partial charge in [0.1, 0.15) is 5.75 Å². The largest absolute Gasteiger partial charge is 0.489 e. The van der Waals surface area contributed by atoms with Gasteiger partial charge in [-0.2, -0.15) is 4.31 Å². The van der Waals surface area contributed by atoms with Gasteiger partial charge in [-0.3, -0.25) is 4.79 Å². The van der Waals surface area contributed by atoms with Gasteiger partial charge < -0.3 is 14.8 Å². The number of halogens is 2. The van der Waals surface area contributed by atoms with Crippen LogP contribution in [0.5, 0.6) is 5.75 Å². The first-order valence-electron chi connectivity index (χ1n) is 9.79. The molecule has 3 rings (SSSR count). The lowest BCUT2D eigenvalue weighted by molar-refractivity contribution is -0.115. The minimum atomic E-state index is -3.73. The maximum Gasteiger partial charge on any atom is 0.243 e. The van der Waals surface area contributed by atoms with Crippen LogP contribution in [0.4, 0.5) is 5.69 Å². The molecular formula is C21H24Cl2N2O5S. The summed E-state index contributed by atoms with van der Waals surface area (Å²) in [5, 5.41) is 3.61. The predicted octanol–water partition coefficient (Wildman–Crippen LogP) is 3.98. The molecule has 1 amide bonds. The van der Waals surface area contributed by atoms with E-state index in [0.29, 0.717) is 34.6 Å². The molecular weight excluding hydrogens is 463 g/mol. The van der Waals surface area contributed by atoms with E-state index in [1.807, 2.05) is 13.8 Å². The van der Waals surface area contributed by atoms with Gasteiger partial charge in [-0.15, -0.1) is 0 Å². The number of ether oxygens (including phenoxy) is 2. The fourth-order valence-electron chi connectivity index (χ4n) is 3.09. The summed E-state index contributed by atoms with van der Waals surface area (Å²) >= 11 is 12.1. The van der Waals surface area contributed by atoms with Crippen LogP contribution in [0.15, 0.2) is 41.3 Å². The van der Waals surface area contributed by atoms with Gasteiger partial charge in [-0.1, -0.05) is 29.3 Å². The quantitative estimate of drug-likeness (QED) is 0.639. The monoisotopic (exact) mass is 486 g/mol. The van der Waals surface area contributed by atoms with Crippen molar-refractivity contribution in [3.63, 3.8) is 0 Å². The Morgan fingerprint density at radius 2 is 1.87 bits per heavy atom. The Labute approximate surface area is 192 Å². The Morgan fingerprint density at radius 3 is 2.52 bits per heavy atom. The topological polar surface area (TPSA) is 84.9 Å². The van der Waals surface area contributed by atoms with Crippen LogP contribution in [0.2, 0.25) is 10.0 Å². The van der Waals surface area contributed by atoms with Crippen LogP contribution in [-0.2, 0) is 26.0 Å². The smallest absolute Gasteiger partial charge is 0.243 e. The van der Waals surface area contributed by atoms with E-state index in [-0.39, 0.29) is 42.1 Å². The Hall–Kier alpha value is -1.84. The molecule has 0 spiro atoms. The van der Waals surface area contributed by atoms with E-state index in [1.165, 1.54) is 16.4 Å². The van der Waals surface area contributed by atoms with E-state index in [4.69, 9.17) is 32.7 Å². The molecule has 2 aromatic rings. The predicted molar refractivity (Wildman–Crippen MR) is 121 cm³/mol. The Bertz CT molecular complexity index is 1050. The summed E-state index contributed by atoms with van der Waals surface area (Å²) in [6.45, 7) is 4.94. The molecule has 7 nitrogen and oxygen atoms in total. The zero-order valence-electron chi connectivity index (χ0n) is 17.2. The lowest BCUT2D eigenvalue weighted by atomic mass is 10.1. The molecule has 0 saturated carbocycles. The number of hydrogen-bond acceptors (Lipinski definition) is 5. The summed E-state index contributed by atoms with van der Waals surface area (Å²) in [5.74, 6) is 0.0187. The summed E-state index contributed by atoms with van der Waals surface area (Å²) in [7, 11) is -3.73. The number of nitrogens with zero attached hydrogens (tertiary/aromatic N) is 1. The number of hydrogen-bond donors (Lipinski definition) is 1. The van der Waals surface area contributed by atoms with Crippen LogP contribution >= 0.6 is 23.2 Å². The van der Waals surface area contributed by atoms with Gasteiger partial charge >= 0.3 is 0 Å². The molecule has 1 saturated heterocycles. The average molecular weight is 487 g/mol. The Kier molecular flexibility index (Phi) is 7.82. The van der Waals surface area contributed by atoms with Crippen molar-refractivity contribution in [2.24, 2.45) is 0 Å². The summed E-state index contributed by atoms with van der Waals surface area (Å²) in [4.78, 5) is 12.8. The minimum Gasteiger partial charge on any atom is -0.489 e. The fourth-order valence-corrected chi connectivity index (χ4v) is 5.00. The fraction of sp³-hybridized carbons (Fsp3) is 0.381. The molecule has 10 heteroatoms. The molecule has 0 aromatic heterocycles. The number of nitrogens with one attached hydrogen (secondary N) is 1. The van der Waals surface area contributed by atoms with Crippen molar-refractivity contribution in [1.29, 1.82) is 0 Å². The molecule has 1 aliphatic heterocycles. The normalized spacial score (nSPS) is 15.1. The molecule has 0 aliphatic carbocycles. The van der Waals surface area contributed by atoms with Gasteiger partial charge in [0.15, 0.2) is 0 Å². The van der Waals surface area contributed by atoms with E-state index in [1.54, 1.807) is 24.3 Å². The highest BCUT2D eigenvalue weighted by atomic mass is 35.5. The highest BCUT2D eigenvalue weighted by Crippen LogP contribution is 2.31. The maximum absolute atomic E-state index is 13.0. The number of amides is 1. The highest BCUT2D eigenvalue weighted by Gasteiger charge is 2.27. The standard InChI is InChI=1S/C21H24Cl2N2O5S/c1-14(2)30-20-6-5-17(31(27,28)25-7-9-29-10-8-25)13-19(20)24-21(26)11-15-3-4-16(22)12-18(15)23/h3-6,12-14H,7-11H2,1-2H3,(H,24,26). The van der Waals surface area contributed by atoms with Gasteiger partial charge in [0.05, 0.1) is 36.3 Å². The second-order valence-electron chi connectivity index (χ2n) is 7.30. The molecule has 0 radical (unpaired) electrons. The maximum atomic E-state index is 13.0. The third kappa shape index (κ3) is 6.11. The van der Waals surface area contributed by atoms with Crippen molar-refractivity contribution in [3.8, 4) is 5.75 Å². The van der Waals surface area contributed by atoms with E-state index in [9.17, 15) is 13.2 Å². The van der Waals surface area contributed by atoms with Crippen molar-refractivity contribution in [1.82, 2.24) is 4.31 Å².